The first kappa shape index (κ1) is 14.7. The van der Waals surface area contributed by atoms with E-state index in [1.54, 1.807) is 30.3 Å². The van der Waals surface area contributed by atoms with Crippen molar-refractivity contribution < 1.29 is 14.6 Å². The molecule has 0 saturated heterocycles. The number of para-hydroxylation sites is 1. The number of carbonyl (C=O) groups is 1. The van der Waals surface area contributed by atoms with Gasteiger partial charge in [-0.25, -0.2) is 0 Å². The zero-order chi connectivity index (χ0) is 16.6. The van der Waals surface area contributed by atoms with Gasteiger partial charge in [-0.15, -0.1) is 0 Å². The summed E-state index contributed by atoms with van der Waals surface area (Å²) in [5.41, 5.74) is -0.0853. The molecule has 3 nitrogen and oxygen atoms in total. The maximum absolute atomic E-state index is 13.2. The molecule has 1 N–H and O–H groups in total. The van der Waals surface area contributed by atoms with Crippen molar-refractivity contribution in [2.45, 2.75) is 11.7 Å². The largest absolute Gasteiger partial charge is 0.481 e. The number of hydrogen-bond donors (Lipinski definition) is 1. The predicted molar refractivity (Wildman–Crippen MR) is 90.9 cm³/mol. The van der Waals surface area contributed by atoms with Crippen LogP contribution in [0.3, 0.4) is 0 Å². The van der Waals surface area contributed by atoms with Crippen molar-refractivity contribution in [1.29, 1.82) is 0 Å². The number of fused-ring (bicyclic) bond motifs is 1. The molecule has 3 aromatic rings. The molecule has 0 aromatic heterocycles. The number of aliphatic hydroxyl groups is 1. The van der Waals surface area contributed by atoms with Gasteiger partial charge in [-0.05, 0) is 23.3 Å². The van der Waals surface area contributed by atoms with Crippen LogP contribution in [-0.2, 0) is 5.60 Å². The van der Waals surface area contributed by atoms with Crippen LogP contribution in [0.1, 0.15) is 27.6 Å². The molecule has 4 rings (SSSR count). The molecule has 1 aliphatic heterocycles. The number of carbonyl (C=O) groups excluding carboxylic acids is 1. The van der Waals surface area contributed by atoms with E-state index in [0.717, 1.165) is 5.56 Å². The van der Waals surface area contributed by atoms with Crippen molar-refractivity contribution in [1.82, 2.24) is 0 Å². The van der Waals surface area contributed by atoms with Gasteiger partial charge in [-0.1, -0.05) is 72.8 Å². The third kappa shape index (κ3) is 2.14. The van der Waals surface area contributed by atoms with Gasteiger partial charge in [0.2, 0.25) is 5.78 Å². The van der Waals surface area contributed by atoms with Crippen LogP contribution in [0.2, 0.25) is 0 Å². The molecule has 3 heteroatoms. The average Bonchev–Trinajstić information content (AvgIpc) is 2.66. The Hall–Kier alpha value is -2.91. The van der Waals surface area contributed by atoms with Gasteiger partial charge in [-0.2, -0.15) is 0 Å². The van der Waals surface area contributed by atoms with Crippen molar-refractivity contribution >= 4 is 5.78 Å². The second kappa shape index (κ2) is 5.62. The van der Waals surface area contributed by atoms with Crippen molar-refractivity contribution in [3.8, 4) is 5.75 Å². The van der Waals surface area contributed by atoms with E-state index >= 15 is 0 Å². The fourth-order valence-corrected chi connectivity index (χ4v) is 3.21. The number of hydrogen-bond acceptors (Lipinski definition) is 3. The summed E-state index contributed by atoms with van der Waals surface area (Å²) in [5.74, 6) is 0.154. The van der Waals surface area contributed by atoms with Crippen LogP contribution >= 0.6 is 0 Å². The molecule has 3 aromatic carbocycles. The quantitative estimate of drug-likeness (QED) is 0.780. The van der Waals surface area contributed by atoms with E-state index in [1.165, 1.54) is 0 Å². The molecule has 0 amide bonds. The summed E-state index contributed by atoms with van der Waals surface area (Å²) in [4.78, 5) is 13.2. The molecular formula is C21H16O3. The standard InChI is InChI=1S/C21H16O3/c22-19-17-13-7-8-14-18(17)24-20(15-9-3-1-4-10-15)21(19,23)16-11-5-2-6-12-16/h1-14,20,23H/t20-,21+/m0/s1. The maximum atomic E-state index is 13.2. The first-order chi connectivity index (χ1) is 11.7. The van der Waals surface area contributed by atoms with E-state index in [2.05, 4.69) is 0 Å². The van der Waals surface area contributed by atoms with Crippen LogP contribution in [0, 0.1) is 0 Å². The highest BCUT2D eigenvalue weighted by Gasteiger charge is 2.52. The van der Waals surface area contributed by atoms with Gasteiger partial charge in [0.15, 0.2) is 11.7 Å². The van der Waals surface area contributed by atoms with E-state index < -0.39 is 11.7 Å². The Labute approximate surface area is 140 Å². The molecule has 0 aliphatic carbocycles. The second-order valence-corrected chi connectivity index (χ2v) is 5.87. The van der Waals surface area contributed by atoms with Crippen LogP contribution in [0.15, 0.2) is 84.9 Å². The smallest absolute Gasteiger partial charge is 0.206 e. The van der Waals surface area contributed by atoms with Gasteiger partial charge in [-0.3, -0.25) is 4.79 Å². The SMILES string of the molecule is O=C1c2ccccc2O[C@@H](c2ccccc2)[C@@]1(O)c1ccccc1. The topological polar surface area (TPSA) is 46.5 Å². The first-order valence-electron chi connectivity index (χ1n) is 7.84. The lowest BCUT2D eigenvalue weighted by Crippen LogP contribution is -2.47. The third-order valence-corrected chi connectivity index (χ3v) is 4.42. The first-order valence-corrected chi connectivity index (χ1v) is 7.84. The fourth-order valence-electron chi connectivity index (χ4n) is 3.21. The van der Waals surface area contributed by atoms with Gasteiger partial charge in [0, 0.05) is 0 Å². The van der Waals surface area contributed by atoms with Crippen LogP contribution in [0.5, 0.6) is 5.75 Å². The Morgan fingerprint density at radius 1 is 0.792 bits per heavy atom. The molecule has 0 radical (unpaired) electrons. The molecule has 0 bridgehead atoms. The highest BCUT2D eigenvalue weighted by atomic mass is 16.5. The molecule has 24 heavy (non-hydrogen) atoms. The summed E-state index contributed by atoms with van der Waals surface area (Å²) in [6, 6.07) is 25.4. The third-order valence-electron chi connectivity index (χ3n) is 4.42. The van der Waals surface area contributed by atoms with E-state index in [4.69, 9.17) is 4.74 Å². The van der Waals surface area contributed by atoms with Crippen LogP contribution in [-0.4, -0.2) is 10.9 Å². The summed E-state index contributed by atoms with van der Waals surface area (Å²) in [5, 5.41) is 11.5. The van der Waals surface area contributed by atoms with E-state index in [9.17, 15) is 9.90 Å². The summed E-state index contributed by atoms with van der Waals surface area (Å²) in [7, 11) is 0. The Bertz CT molecular complexity index is 874. The Morgan fingerprint density at radius 3 is 2.08 bits per heavy atom. The molecule has 0 unspecified atom stereocenters. The van der Waals surface area contributed by atoms with Crippen LogP contribution in [0.4, 0.5) is 0 Å². The van der Waals surface area contributed by atoms with Crippen molar-refractivity contribution in [2.75, 3.05) is 0 Å². The summed E-state index contributed by atoms with van der Waals surface area (Å²) in [6.45, 7) is 0. The molecule has 0 saturated carbocycles. The lowest BCUT2D eigenvalue weighted by Gasteiger charge is -2.39. The van der Waals surface area contributed by atoms with Crippen LogP contribution in [0.25, 0.3) is 0 Å². The molecule has 0 spiro atoms. The van der Waals surface area contributed by atoms with Crippen molar-refractivity contribution in [3.63, 3.8) is 0 Å². The van der Waals surface area contributed by atoms with Crippen molar-refractivity contribution in [2.24, 2.45) is 0 Å². The zero-order valence-electron chi connectivity index (χ0n) is 12.9. The molecule has 1 heterocycles. The number of ether oxygens (including phenoxy) is 1. The highest BCUT2D eigenvalue weighted by Crippen LogP contribution is 2.46. The van der Waals surface area contributed by atoms with Crippen LogP contribution < -0.4 is 4.74 Å². The highest BCUT2D eigenvalue weighted by molar-refractivity contribution is 6.06. The van der Waals surface area contributed by atoms with E-state index in [1.807, 2.05) is 54.6 Å². The van der Waals surface area contributed by atoms with Gasteiger partial charge in [0.05, 0.1) is 5.56 Å². The van der Waals surface area contributed by atoms with Gasteiger partial charge in [0.25, 0.3) is 0 Å². The molecular weight excluding hydrogens is 300 g/mol. The Morgan fingerprint density at radius 2 is 1.38 bits per heavy atom. The molecule has 1 aliphatic rings. The minimum atomic E-state index is -1.77. The van der Waals surface area contributed by atoms with Gasteiger partial charge in [0.1, 0.15) is 5.75 Å². The molecule has 118 valence electrons. The second-order valence-electron chi connectivity index (χ2n) is 5.87. The Kier molecular flexibility index (Phi) is 3.44. The predicted octanol–water partition coefficient (Wildman–Crippen LogP) is 3.89. The number of Topliss-reactive ketones (excluding diaryl/α,β-unsaturated/α-hetero) is 1. The number of benzene rings is 3. The Balaban J connectivity index is 1.95. The number of ketones is 1. The fraction of sp³-hybridized carbons (Fsp3) is 0.0952. The lowest BCUT2D eigenvalue weighted by atomic mass is 9.77. The van der Waals surface area contributed by atoms with E-state index in [0.29, 0.717) is 16.9 Å². The monoisotopic (exact) mass is 316 g/mol. The van der Waals surface area contributed by atoms with Gasteiger partial charge < -0.3 is 9.84 Å². The lowest BCUT2D eigenvalue weighted by molar-refractivity contribution is -0.0534. The van der Waals surface area contributed by atoms with Crippen molar-refractivity contribution in [3.05, 3.63) is 102 Å². The summed E-state index contributed by atoms with van der Waals surface area (Å²) in [6.07, 6.45) is -0.802. The normalized spacial score (nSPS) is 22.5. The molecule has 0 fully saturated rings. The number of rotatable bonds is 2. The minimum absolute atomic E-state index is 0.343. The summed E-state index contributed by atoms with van der Waals surface area (Å²) < 4.78 is 6.09. The zero-order valence-corrected chi connectivity index (χ0v) is 12.9. The minimum Gasteiger partial charge on any atom is -0.481 e. The average molecular weight is 316 g/mol. The maximum Gasteiger partial charge on any atom is 0.206 e. The van der Waals surface area contributed by atoms with E-state index in [-0.39, 0.29) is 5.78 Å². The molecule has 2 atom stereocenters. The summed E-state index contributed by atoms with van der Waals surface area (Å²) >= 11 is 0. The van der Waals surface area contributed by atoms with Gasteiger partial charge >= 0.3 is 0 Å².